The first kappa shape index (κ1) is 19.4. The Morgan fingerprint density at radius 1 is 1.10 bits per heavy atom. The van der Waals surface area contributed by atoms with Gasteiger partial charge < -0.3 is 4.90 Å². The van der Waals surface area contributed by atoms with Crippen LogP contribution in [0.1, 0.15) is 42.8 Å². The van der Waals surface area contributed by atoms with Crippen molar-refractivity contribution in [2.75, 3.05) is 13.1 Å². The molecule has 0 fully saturated rings. The smallest absolute Gasteiger partial charge is 0.272 e. The molecule has 2 aromatic heterocycles. The average Bonchev–Trinajstić information content (AvgIpc) is 3.26. The number of hydrogen-bond donors (Lipinski definition) is 0. The fraction of sp³-hybridized carbons (Fsp3) is 0.455. The average molecular weight is 393 g/mol. The van der Waals surface area contributed by atoms with E-state index in [1.54, 1.807) is 0 Å². The van der Waals surface area contributed by atoms with Crippen LogP contribution in [-0.4, -0.2) is 48.4 Å². The molecule has 1 aliphatic rings. The maximum Gasteiger partial charge on any atom is 0.272 e. The van der Waals surface area contributed by atoms with E-state index in [1.807, 2.05) is 57.6 Å². The van der Waals surface area contributed by atoms with Crippen LogP contribution in [0.3, 0.4) is 0 Å². The predicted octanol–water partition coefficient (Wildman–Crippen LogP) is 3.06. The number of carbonyl (C=O) groups is 1. The van der Waals surface area contributed by atoms with Gasteiger partial charge in [-0.05, 0) is 25.3 Å². The molecule has 0 atom stereocenters. The topological polar surface area (TPSA) is 68.8 Å². The van der Waals surface area contributed by atoms with E-state index in [1.165, 1.54) is 0 Å². The lowest BCUT2D eigenvalue weighted by Gasteiger charge is -2.20. The van der Waals surface area contributed by atoms with Crippen LogP contribution in [0.2, 0.25) is 0 Å². The monoisotopic (exact) mass is 392 g/mol. The van der Waals surface area contributed by atoms with E-state index in [4.69, 9.17) is 4.98 Å². The first-order chi connectivity index (χ1) is 14.0. The van der Waals surface area contributed by atoms with E-state index >= 15 is 0 Å². The molecule has 0 bridgehead atoms. The Labute approximate surface area is 171 Å². The molecular formula is C22H28N6O. The fourth-order valence-electron chi connectivity index (χ4n) is 3.78. The van der Waals surface area contributed by atoms with Crippen molar-refractivity contribution in [1.29, 1.82) is 0 Å². The molecule has 1 aromatic carbocycles. The third-order valence-electron chi connectivity index (χ3n) is 5.22. The van der Waals surface area contributed by atoms with E-state index in [9.17, 15) is 4.79 Å². The summed E-state index contributed by atoms with van der Waals surface area (Å²) in [5.74, 6) is 2.24. The number of hydrogen-bond acceptors (Lipinski definition) is 4. The third-order valence-corrected chi connectivity index (χ3v) is 5.22. The van der Waals surface area contributed by atoms with Crippen LogP contribution in [0.4, 0.5) is 0 Å². The summed E-state index contributed by atoms with van der Waals surface area (Å²) in [4.78, 5) is 19.8. The van der Waals surface area contributed by atoms with Crippen LogP contribution in [0.15, 0.2) is 36.4 Å². The van der Waals surface area contributed by atoms with E-state index in [2.05, 4.69) is 24.0 Å². The largest absolute Gasteiger partial charge is 0.335 e. The molecule has 0 spiro atoms. The van der Waals surface area contributed by atoms with Crippen molar-refractivity contribution in [2.45, 2.75) is 46.7 Å². The number of aromatic nitrogens is 5. The molecule has 7 heteroatoms. The Morgan fingerprint density at radius 3 is 2.62 bits per heavy atom. The number of aryl methyl sites for hydroxylation is 1. The molecule has 1 aliphatic heterocycles. The van der Waals surface area contributed by atoms with Gasteiger partial charge >= 0.3 is 0 Å². The van der Waals surface area contributed by atoms with Gasteiger partial charge in [0.25, 0.3) is 5.91 Å². The molecule has 0 radical (unpaired) electrons. The molecule has 152 valence electrons. The maximum atomic E-state index is 13.2. The van der Waals surface area contributed by atoms with Crippen LogP contribution in [-0.2, 0) is 25.9 Å². The van der Waals surface area contributed by atoms with E-state index in [-0.39, 0.29) is 5.91 Å². The molecular weight excluding hydrogens is 364 g/mol. The molecule has 3 heterocycles. The van der Waals surface area contributed by atoms with Crippen LogP contribution in [0, 0.1) is 5.92 Å². The summed E-state index contributed by atoms with van der Waals surface area (Å²) < 4.78 is 3.77. The summed E-state index contributed by atoms with van der Waals surface area (Å²) in [5.41, 5.74) is 2.69. The lowest BCUT2D eigenvalue weighted by atomic mass is 10.1. The summed E-state index contributed by atoms with van der Waals surface area (Å²) >= 11 is 0. The molecule has 3 aromatic rings. The van der Waals surface area contributed by atoms with Gasteiger partial charge in [-0.3, -0.25) is 9.48 Å². The van der Waals surface area contributed by atoms with E-state index < -0.39 is 0 Å². The Balaban J connectivity index is 1.49. The van der Waals surface area contributed by atoms with E-state index in [0.717, 1.165) is 29.3 Å². The zero-order valence-corrected chi connectivity index (χ0v) is 17.4. The van der Waals surface area contributed by atoms with Crippen molar-refractivity contribution in [2.24, 2.45) is 5.92 Å². The highest BCUT2D eigenvalue weighted by molar-refractivity contribution is 5.92. The predicted molar refractivity (Wildman–Crippen MR) is 112 cm³/mol. The van der Waals surface area contributed by atoms with Gasteiger partial charge in [-0.25, -0.2) is 9.67 Å². The molecule has 1 amide bonds. The number of amides is 1. The van der Waals surface area contributed by atoms with E-state index in [0.29, 0.717) is 44.2 Å². The van der Waals surface area contributed by atoms with Crippen molar-refractivity contribution in [3.8, 4) is 11.4 Å². The van der Waals surface area contributed by atoms with Crippen molar-refractivity contribution in [3.05, 3.63) is 53.6 Å². The molecule has 0 aliphatic carbocycles. The van der Waals surface area contributed by atoms with Gasteiger partial charge in [-0.15, -0.1) is 0 Å². The summed E-state index contributed by atoms with van der Waals surface area (Å²) in [6.45, 7) is 8.96. The lowest BCUT2D eigenvalue weighted by Crippen LogP contribution is -2.35. The summed E-state index contributed by atoms with van der Waals surface area (Å²) in [6.07, 6.45) is 1.58. The van der Waals surface area contributed by atoms with Gasteiger partial charge in [0.05, 0.1) is 12.2 Å². The molecule has 0 saturated heterocycles. The van der Waals surface area contributed by atoms with Gasteiger partial charge in [0, 0.05) is 31.6 Å². The molecule has 4 rings (SSSR count). The number of rotatable bonds is 5. The molecule has 0 N–H and O–H groups in total. The second-order valence-corrected chi connectivity index (χ2v) is 7.92. The second-order valence-electron chi connectivity index (χ2n) is 7.92. The highest BCUT2D eigenvalue weighted by Crippen LogP contribution is 2.18. The van der Waals surface area contributed by atoms with Crippen molar-refractivity contribution in [1.82, 2.24) is 29.4 Å². The minimum atomic E-state index is 0.0448. The van der Waals surface area contributed by atoms with Crippen molar-refractivity contribution >= 4 is 5.91 Å². The highest BCUT2D eigenvalue weighted by Gasteiger charge is 2.25. The van der Waals surface area contributed by atoms with Crippen LogP contribution in [0.25, 0.3) is 11.4 Å². The van der Waals surface area contributed by atoms with Gasteiger partial charge in [0.15, 0.2) is 5.82 Å². The fourth-order valence-corrected chi connectivity index (χ4v) is 3.78. The Kier molecular flexibility index (Phi) is 5.47. The first-order valence-electron chi connectivity index (χ1n) is 10.4. The zero-order valence-electron chi connectivity index (χ0n) is 17.4. The van der Waals surface area contributed by atoms with Crippen molar-refractivity contribution < 1.29 is 4.79 Å². The normalized spacial score (nSPS) is 14.1. The summed E-state index contributed by atoms with van der Waals surface area (Å²) in [7, 11) is 0. The SMILES string of the molecule is CCn1nc(CC(C)C)cc1C(=O)N1CCc2nc(-c3ccccc3)nn2CC1. The van der Waals surface area contributed by atoms with Gasteiger partial charge in [0.1, 0.15) is 11.5 Å². The minimum absolute atomic E-state index is 0.0448. The number of carbonyl (C=O) groups excluding carboxylic acids is 1. The van der Waals surface area contributed by atoms with Crippen LogP contribution in [0.5, 0.6) is 0 Å². The number of benzene rings is 1. The Hall–Kier alpha value is -2.96. The minimum Gasteiger partial charge on any atom is -0.335 e. The van der Waals surface area contributed by atoms with Gasteiger partial charge in [-0.2, -0.15) is 10.2 Å². The van der Waals surface area contributed by atoms with Gasteiger partial charge in [0.2, 0.25) is 0 Å². The summed E-state index contributed by atoms with van der Waals surface area (Å²) in [6, 6.07) is 12.0. The number of fused-ring (bicyclic) bond motifs is 1. The molecule has 7 nitrogen and oxygen atoms in total. The maximum absolute atomic E-state index is 13.2. The molecule has 0 unspecified atom stereocenters. The Morgan fingerprint density at radius 2 is 1.90 bits per heavy atom. The zero-order chi connectivity index (χ0) is 20.4. The lowest BCUT2D eigenvalue weighted by molar-refractivity contribution is 0.0746. The molecule has 0 saturated carbocycles. The Bertz CT molecular complexity index is 963. The highest BCUT2D eigenvalue weighted by atomic mass is 16.2. The summed E-state index contributed by atoms with van der Waals surface area (Å²) in [5, 5.41) is 9.29. The van der Waals surface area contributed by atoms with Crippen LogP contribution >= 0.6 is 0 Å². The molecule has 29 heavy (non-hydrogen) atoms. The standard InChI is InChI=1S/C22H28N6O/c1-4-27-19(15-18(24-27)14-16(2)3)22(29)26-11-10-20-23-21(25-28(20)13-12-26)17-8-6-5-7-9-17/h5-9,15-16H,4,10-14H2,1-3H3. The third kappa shape index (κ3) is 4.09. The quantitative estimate of drug-likeness (QED) is 0.669. The van der Waals surface area contributed by atoms with Crippen molar-refractivity contribution in [3.63, 3.8) is 0 Å². The van der Waals surface area contributed by atoms with Gasteiger partial charge in [-0.1, -0.05) is 44.2 Å². The number of nitrogens with zero attached hydrogens (tertiary/aromatic N) is 6. The first-order valence-corrected chi connectivity index (χ1v) is 10.4. The second kappa shape index (κ2) is 8.19. The van der Waals surface area contributed by atoms with Crippen LogP contribution < -0.4 is 0 Å².